The fourth-order valence-electron chi connectivity index (χ4n) is 0.861. The maximum atomic E-state index is 4.28. The number of rotatable bonds is 4. The van der Waals surface area contributed by atoms with E-state index in [0.717, 1.165) is 10.2 Å². The summed E-state index contributed by atoms with van der Waals surface area (Å²) in [5.41, 5.74) is 0. The highest BCUT2D eigenvalue weighted by atomic mass is 32.3. The van der Waals surface area contributed by atoms with Gasteiger partial charge in [0.25, 0.3) is 0 Å². The summed E-state index contributed by atoms with van der Waals surface area (Å²) in [6.07, 6.45) is 1.34. The second-order valence-corrected chi connectivity index (χ2v) is 10.1. The van der Waals surface area contributed by atoms with Crippen molar-refractivity contribution in [2.75, 3.05) is 21.7 Å². The molecule has 0 aromatic heterocycles. The first-order valence-corrected chi connectivity index (χ1v) is 8.81. The first-order chi connectivity index (χ1) is 5.83. The smallest absolute Gasteiger partial charge is 0.155 e. The summed E-state index contributed by atoms with van der Waals surface area (Å²) in [4.78, 5) is 0. The summed E-state index contributed by atoms with van der Waals surface area (Å²) in [5, 5.41) is 1.81. The number of thioether (sulfide) groups is 4. The summed E-state index contributed by atoms with van der Waals surface area (Å²) in [6, 6.07) is 0. The van der Waals surface area contributed by atoms with Crippen molar-refractivity contribution in [3.8, 4) is 0 Å². The van der Waals surface area contributed by atoms with Crippen LogP contribution in [0.25, 0.3) is 0 Å². The summed E-state index contributed by atoms with van der Waals surface area (Å²) < 4.78 is 0.293. The van der Waals surface area contributed by atoms with E-state index in [-0.39, 0.29) is 0 Å². The van der Waals surface area contributed by atoms with E-state index < -0.39 is 0 Å². The van der Waals surface area contributed by atoms with E-state index in [0.29, 0.717) is 2.74 Å². The van der Waals surface area contributed by atoms with Crippen LogP contribution in [0.15, 0.2) is 0 Å². The van der Waals surface area contributed by atoms with Gasteiger partial charge in [-0.2, -0.15) is 25.3 Å². The lowest BCUT2D eigenvalue weighted by Crippen LogP contribution is -2.17. The zero-order valence-corrected chi connectivity index (χ0v) is 11.6. The molecule has 0 nitrogen and oxygen atoms in total. The molecule has 72 valence electrons. The molecule has 1 rings (SSSR count). The number of thiol groups is 2. The van der Waals surface area contributed by atoms with E-state index in [1.807, 2.05) is 23.5 Å². The molecule has 0 bridgehead atoms. The van der Waals surface area contributed by atoms with Crippen molar-refractivity contribution in [3.05, 3.63) is 0 Å². The highest BCUT2D eigenvalue weighted by Gasteiger charge is 2.33. The van der Waals surface area contributed by atoms with Gasteiger partial charge in [0.2, 0.25) is 0 Å². The topological polar surface area (TPSA) is 0 Å². The van der Waals surface area contributed by atoms with Gasteiger partial charge in [0.05, 0.1) is 0 Å². The van der Waals surface area contributed by atoms with Crippen molar-refractivity contribution < 1.29 is 0 Å². The minimum Gasteiger partial charge on any atom is -0.168 e. The zero-order valence-electron chi connectivity index (χ0n) is 6.56. The normalized spacial score (nSPS) is 22.5. The maximum Gasteiger partial charge on any atom is 0.155 e. The van der Waals surface area contributed by atoms with Gasteiger partial charge in [-0.1, -0.05) is 0 Å². The first-order valence-electron chi connectivity index (χ1n) is 3.60. The van der Waals surface area contributed by atoms with E-state index in [1.54, 1.807) is 0 Å². The van der Waals surface area contributed by atoms with Crippen molar-refractivity contribution in [1.29, 1.82) is 0 Å². The molecule has 0 radical (unpaired) electrons. The predicted octanol–water partition coefficient (Wildman–Crippen LogP) is 3.71. The van der Waals surface area contributed by atoms with Gasteiger partial charge in [0.15, 0.2) is 2.74 Å². The molecular weight excluding hydrogens is 264 g/mol. The second-order valence-electron chi connectivity index (χ2n) is 2.10. The van der Waals surface area contributed by atoms with Crippen LogP contribution in [0.1, 0.15) is 6.42 Å². The highest BCUT2D eigenvalue weighted by molar-refractivity contribution is 8.49. The molecule has 1 saturated heterocycles. The minimum atomic E-state index is 0.293. The van der Waals surface area contributed by atoms with E-state index in [9.17, 15) is 0 Å². The molecular formula is C6H12S6. The van der Waals surface area contributed by atoms with Gasteiger partial charge in [0.1, 0.15) is 0 Å². The maximum absolute atomic E-state index is 4.28. The van der Waals surface area contributed by atoms with Gasteiger partial charge in [-0.15, -0.1) is 47.0 Å². The zero-order chi connectivity index (χ0) is 8.86. The van der Waals surface area contributed by atoms with Crippen molar-refractivity contribution in [1.82, 2.24) is 0 Å². The Hall–Kier alpha value is 2.10. The summed E-state index contributed by atoms with van der Waals surface area (Å²) in [5.74, 6) is 2.57. The Morgan fingerprint density at radius 2 is 1.58 bits per heavy atom. The van der Waals surface area contributed by atoms with Crippen LogP contribution in [0.3, 0.4) is 0 Å². The van der Waals surface area contributed by atoms with Crippen LogP contribution < -0.4 is 0 Å². The average Bonchev–Trinajstić information content (AvgIpc) is 2.07. The van der Waals surface area contributed by atoms with E-state index in [4.69, 9.17) is 0 Å². The largest absolute Gasteiger partial charge is 0.168 e. The molecule has 1 aliphatic heterocycles. The Kier molecular flexibility index (Phi) is 6.65. The Morgan fingerprint density at radius 3 is 2.00 bits per heavy atom. The van der Waals surface area contributed by atoms with Crippen LogP contribution in [0.4, 0.5) is 0 Å². The van der Waals surface area contributed by atoms with Gasteiger partial charge >= 0.3 is 0 Å². The van der Waals surface area contributed by atoms with Crippen molar-refractivity contribution >= 4 is 72.3 Å². The molecule has 0 N–H and O–H groups in total. The highest BCUT2D eigenvalue weighted by Crippen LogP contribution is 2.58. The van der Waals surface area contributed by atoms with E-state index in [2.05, 4.69) is 48.8 Å². The van der Waals surface area contributed by atoms with E-state index in [1.165, 1.54) is 17.9 Å². The Labute approximate surface area is 102 Å². The molecule has 0 atom stereocenters. The van der Waals surface area contributed by atoms with Gasteiger partial charge < -0.3 is 0 Å². The minimum absolute atomic E-state index is 0.293. The van der Waals surface area contributed by atoms with Gasteiger partial charge in [-0.3, -0.25) is 0 Å². The monoisotopic (exact) mass is 276 g/mol. The molecule has 1 aliphatic rings. The van der Waals surface area contributed by atoms with Gasteiger partial charge in [-0.25, -0.2) is 0 Å². The predicted molar refractivity (Wildman–Crippen MR) is 75.2 cm³/mol. The van der Waals surface area contributed by atoms with Crippen molar-refractivity contribution in [3.63, 3.8) is 0 Å². The molecule has 0 amide bonds. The molecule has 0 spiro atoms. The second kappa shape index (κ2) is 6.56. The molecule has 0 aromatic carbocycles. The molecule has 0 aliphatic carbocycles. The van der Waals surface area contributed by atoms with Crippen LogP contribution in [-0.2, 0) is 0 Å². The SMILES string of the molecule is SCSC1(SCS)SCCCS1. The van der Waals surface area contributed by atoms with Crippen LogP contribution in [-0.4, -0.2) is 24.4 Å². The summed E-state index contributed by atoms with van der Waals surface area (Å²) >= 11 is 16.5. The number of hydrogen-bond acceptors (Lipinski definition) is 6. The third-order valence-corrected chi connectivity index (χ3v) is 9.00. The van der Waals surface area contributed by atoms with Crippen molar-refractivity contribution in [2.24, 2.45) is 0 Å². The van der Waals surface area contributed by atoms with Crippen LogP contribution >= 0.6 is 72.3 Å². The van der Waals surface area contributed by atoms with Crippen LogP contribution in [0.2, 0.25) is 0 Å². The average molecular weight is 277 g/mol. The van der Waals surface area contributed by atoms with E-state index >= 15 is 0 Å². The molecule has 12 heavy (non-hydrogen) atoms. The Bertz CT molecular complexity index is 106. The fraction of sp³-hybridized carbons (Fsp3) is 1.00. The number of hydrogen-bond donors (Lipinski definition) is 2. The standard InChI is InChI=1S/C6H12S6/c7-4-11-6(12-5-8)9-2-1-3-10-6/h7-8H,1-5H2. The van der Waals surface area contributed by atoms with Crippen molar-refractivity contribution in [2.45, 2.75) is 9.16 Å². The third-order valence-electron chi connectivity index (χ3n) is 1.33. The summed E-state index contributed by atoms with van der Waals surface area (Å²) in [6.45, 7) is 0. The molecule has 6 heteroatoms. The molecule has 1 fully saturated rings. The third kappa shape index (κ3) is 3.69. The molecule has 1 heterocycles. The first kappa shape index (κ1) is 12.2. The molecule has 0 aromatic rings. The Balaban J connectivity index is 2.44. The van der Waals surface area contributed by atoms with Gasteiger partial charge in [-0.05, 0) is 17.9 Å². The quantitative estimate of drug-likeness (QED) is 0.593. The Morgan fingerprint density at radius 1 is 1.08 bits per heavy atom. The molecule has 0 saturated carbocycles. The lowest BCUT2D eigenvalue weighted by Gasteiger charge is -2.33. The molecule has 0 unspecified atom stereocenters. The van der Waals surface area contributed by atoms with Gasteiger partial charge in [0, 0.05) is 10.2 Å². The van der Waals surface area contributed by atoms with Crippen LogP contribution in [0, 0.1) is 0 Å². The fourth-order valence-corrected chi connectivity index (χ4v) is 9.73. The van der Waals surface area contributed by atoms with Crippen LogP contribution in [0.5, 0.6) is 0 Å². The summed E-state index contributed by atoms with van der Waals surface area (Å²) in [7, 11) is 0. The lowest BCUT2D eigenvalue weighted by atomic mass is 10.6. The lowest BCUT2D eigenvalue weighted by molar-refractivity contribution is 1.11.